The van der Waals surface area contributed by atoms with Crippen LogP contribution in [0.1, 0.15) is 45.9 Å². The van der Waals surface area contributed by atoms with E-state index in [0.29, 0.717) is 13.1 Å². The maximum atomic E-state index is 12.8. The van der Waals surface area contributed by atoms with Gasteiger partial charge in [-0.05, 0) is 41.5 Å². The third-order valence-electron chi connectivity index (χ3n) is 5.45. The molecule has 1 atom stereocenters. The Bertz CT molecular complexity index is 1060. The van der Waals surface area contributed by atoms with Crippen LogP contribution in [0.15, 0.2) is 58.7 Å². The normalized spacial score (nSPS) is 14.8. The van der Waals surface area contributed by atoms with Crippen LogP contribution in [0.4, 0.5) is 0 Å². The first-order valence-corrected chi connectivity index (χ1v) is 11.2. The first kappa shape index (κ1) is 20.5. The van der Waals surface area contributed by atoms with Gasteiger partial charge in [0.05, 0.1) is 6.04 Å². The molecule has 3 aromatic rings. The molecule has 0 saturated heterocycles. The Hall–Kier alpha value is -2.77. The van der Waals surface area contributed by atoms with Crippen molar-refractivity contribution < 1.29 is 4.79 Å². The summed E-state index contributed by atoms with van der Waals surface area (Å²) in [6, 6.07) is 15.5. The summed E-state index contributed by atoms with van der Waals surface area (Å²) in [6.45, 7) is 4.81. The molecule has 1 aliphatic heterocycles. The molecule has 1 aliphatic rings. The van der Waals surface area contributed by atoms with Gasteiger partial charge >= 0.3 is 0 Å². The quantitative estimate of drug-likeness (QED) is 0.635. The largest absolute Gasteiger partial charge is 0.349 e. The number of hydrogen-bond donors (Lipinski definition) is 1. The van der Waals surface area contributed by atoms with E-state index in [1.54, 1.807) is 0 Å². The fraction of sp³-hybridized carbons (Fsp3) is 0.348. The fourth-order valence-electron chi connectivity index (χ4n) is 3.89. The lowest BCUT2D eigenvalue weighted by Gasteiger charge is -2.35. The van der Waals surface area contributed by atoms with Gasteiger partial charge < -0.3 is 5.32 Å². The Kier molecular flexibility index (Phi) is 6.40. The molecule has 0 unspecified atom stereocenters. The molecule has 0 fully saturated rings. The lowest BCUT2D eigenvalue weighted by Crippen LogP contribution is -2.40. The van der Waals surface area contributed by atoms with Gasteiger partial charge in [-0.25, -0.2) is 4.68 Å². The fourth-order valence-corrected chi connectivity index (χ4v) is 4.78. The van der Waals surface area contributed by atoms with E-state index in [1.807, 2.05) is 36.5 Å². The summed E-state index contributed by atoms with van der Waals surface area (Å²) in [6.07, 6.45) is 1.82. The van der Waals surface area contributed by atoms with Crippen LogP contribution in [-0.4, -0.2) is 33.7 Å². The molecular weight excluding hydrogens is 396 g/mol. The van der Waals surface area contributed by atoms with Crippen molar-refractivity contribution in [1.29, 1.82) is 0 Å². The first-order valence-electron chi connectivity index (χ1n) is 10.4. The van der Waals surface area contributed by atoms with Crippen LogP contribution in [0.2, 0.25) is 0 Å². The van der Waals surface area contributed by atoms with E-state index in [9.17, 15) is 9.59 Å². The zero-order valence-corrected chi connectivity index (χ0v) is 17.9. The zero-order chi connectivity index (χ0) is 20.9. The molecule has 0 radical (unpaired) electrons. The average molecular weight is 423 g/mol. The lowest BCUT2D eigenvalue weighted by atomic mass is 10.0. The number of rotatable bonds is 7. The molecule has 3 heterocycles. The number of carbonyl (C=O) groups excluding carboxylic acids is 1. The summed E-state index contributed by atoms with van der Waals surface area (Å²) in [5, 5.41) is 9.43. The van der Waals surface area contributed by atoms with Gasteiger partial charge in [0, 0.05) is 37.1 Å². The minimum Gasteiger partial charge on any atom is -0.349 e. The molecule has 6 nitrogen and oxygen atoms in total. The van der Waals surface area contributed by atoms with E-state index in [-0.39, 0.29) is 23.2 Å². The monoisotopic (exact) mass is 422 g/mol. The van der Waals surface area contributed by atoms with Crippen LogP contribution < -0.4 is 10.9 Å². The van der Waals surface area contributed by atoms with Gasteiger partial charge in [0.2, 0.25) is 0 Å². The number of aryl methyl sites for hydroxylation is 1. The van der Waals surface area contributed by atoms with E-state index in [0.717, 1.165) is 25.9 Å². The van der Waals surface area contributed by atoms with Gasteiger partial charge in [-0.15, -0.1) is 11.3 Å². The highest BCUT2D eigenvalue weighted by Gasteiger charge is 2.26. The van der Waals surface area contributed by atoms with Gasteiger partial charge in [0.1, 0.15) is 5.69 Å². The molecule has 4 rings (SSSR count). The van der Waals surface area contributed by atoms with Crippen molar-refractivity contribution in [3.8, 4) is 0 Å². The van der Waals surface area contributed by atoms with Crippen molar-refractivity contribution in [1.82, 2.24) is 20.0 Å². The van der Waals surface area contributed by atoms with E-state index < -0.39 is 0 Å². The lowest BCUT2D eigenvalue weighted by molar-refractivity contribution is 0.0920. The molecule has 2 aromatic heterocycles. The van der Waals surface area contributed by atoms with Crippen LogP contribution in [0.25, 0.3) is 0 Å². The molecule has 156 valence electrons. The van der Waals surface area contributed by atoms with Crippen molar-refractivity contribution in [3.05, 3.63) is 86.0 Å². The molecule has 0 bridgehead atoms. The molecule has 0 aliphatic carbocycles. The number of thiophene rings is 1. The molecule has 7 heteroatoms. The number of nitrogens with zero attached hydrogens (tertiary/aromatic N) is 3. The maximum Gasteiger partial charge on any atom is 0.271 e. The Labute approximate surface area is 180 Å². The molecule has 0 saturated carbocycles. The van der Waals surface area contributed by atoms with Crippen molar-refractivity contribution in [3.63, 3.8) is 0 Å². The smallest absolute Gasteiger partial charge is 0.271 e. The number of aromatic nitrogens is 2. The average Bonchev–Trinajstić information content (AvgIpc) is 3.24. The molecular formula is C23H26N4O2S. The first-order chi connectivity index (χ1) is 14.7. The minimum absolute atomic E-state index is 0.0738. The summed E-state index contributed by atoms with van der Waals surface area (Å²) in [5.74, 6) is -0.256. The summed E-state index contributed by atoms with van der Waals surface area (Å²) in [4.78, 5) is 28.6. The van der Waals surface area contributed by atoms with Crippen LogP contribution in [0.5, 0.6) is 0 Å². The predicted octanol–water partition coefficient (Wildman–Crippen LogP) is 3.24. The van der Waals surface area contributed by atoms with Gasteiger partial charge in [0.25, 0.3) is 11.5 Å². The summed E-state index contributed by atoms with van der Waals surface area (Å²) < 4.78 is 1.35. The molecule has 1 aromatic carbocycles. The zero-order valence-electron chi connectivity index (χ0n) is 17.1. The van der Waals surface area contributed by atoms with Crippen LogP contribution in [0, 0.1) is 0 Å². The summed E-state index contributed by atoms with van der Waals surface area (Å²) in [5.41, 5.74) is 2.65. The maximum absolute atomic E-state index is 12.8. The second-order valence-corrected chi connectivity index (χ2v) is 8.51. The Balaban J connectivity index is 1.51. The van der Waals surface area contributed by atoms with E-state index in [1.165, 1.54) is 32.8 Å². The van der Waals surface area contributed by atoms with Crippen molar-refractivity contribution >= 4 is 17.2 Å². The standard InChI is InChI=1S/C23H26N4O2S/c1-2-12-27-22(28)9-8-19(25-27)23(29)24-15-20(17-6-4-3-5-7-17)26-13-10-21-18(16-26)11-14-30-21/h3-9,11,14,20H,2,10,12-13,15-16H2,1H3,(H,24,29)/t20-/m0/s1. The van der Waals surface area contributed by atoms with Crippen molar-refractivity contribution in [2.75, 3.05) is 13.1 Å². The van der Waals surface area contributed by atoms with Crippen LogP contribution >= 0.6 is 11.3 Å². The summed E-state index contributed by atoms with van der Waals surface area (Å²) in [7, 11) is 0. The second kappa shape index (κ2) is 9.36. The van der Waals surface area contributed by atoms with Crippen molar-refractivity contribution in [2.24, 2.45) is 0 Å². The number of fused-ring (bicyclic) bond motifs is 1. The van der Waals surface area contributed by atoms with Crippen molar-refractivity contribution in [2.45, 2.75) is 38.9 Å². The van der Waals surface area contributed by atoms with E-state index >= 15 is 0 Å². The van der Waals surface area contributed by atoms with Gasteiger partial charge in [-0.1, -0.05) is 37.3 Å². The highest BCUT2D eigenvalue weighted by molar-refractivity contribution is 7.10. The minimum atomic E-state index is -0.256. The van der Waals surface area contributed by atoms with Crippen LogP contribution in [-0.2, 0) is 19.5 Å². The Morgan fingerprint density at radius 1 is 1.20 bits per heavy atom. The van der Waals surface area contributed by atoms with E-state index in [4.69, 9.17) is 0 Å². The highest BCUT2D eigenvalue weighted by Crippen LogP contribution is 2.30. The number of nitrogens with one attached hydrogen (secondary N) is 1. The second-order valence-electron chi connectivity index (χ2n) is 7.51. The number of amides is 1. The molecule has 30 heavy (non-hydrogen) atoms. The topological polar surface area (TPSA) is 67.2 Å². The summed E-state index contributed by atoms with van der Waals surface area (Å²) >= 11 is 1.82. The number of hydrogen-bond acceptors (Lipinski definition) is 5. The Morgan fingerprint density at radius 2 is 2.03 bits per heavy atom. The third kappa shape index (κ3) is 4.52. The third-order valence-corrected chi connectivity index (χ3v) is 6.48. The SMILES string of the molecule is CCCn1nc(C(=O)NC[C@@H](c2ccccc2)N2CCc3sccc3C2)ccc1=O. The van der Waals surface area contributed by atoms with Gasteiger partial charge in [-0.3, -0.25) is 14.5 Å². The van der Waals surface area contributed by atoms with Crippen LogP contribution in [0.3, 0.4) is 0 Å². The van der Waals surface area contributed by atoms with Gasteiger partial charge in [-0.2, -0.15) is 5.10 Å². The molecule has 1 N–H and O–H groups in total. The number of benzene rings is 1. The molecule has 1 amide bonds. The predicted molar refractivity (Wildman–Crippen MR) is 119 cm³/mol. The Morgan fingerprint density at radius 3 is 2.83 bits per heavy atom. The number of carbonyl (C=O) groups is 1. The van der Waals surface area contributed by atoms with E-state index in [2.05, 4.69) is 38.9 Å². The molecule has 0 spiro atoms. The highest BCUT2D eigenvalue weighted by atomic mass is 32.1. The van der Waals surface area contributed by atoms with Gasteiger partial charge in [0.15, 0.2) is 0 Å².